The van der Waals surface area contributed by atoms with Gasteiger partial charge < -0.3 is 20.2 Å². The Bertz CT molecular complexity index is 1270. The minimum absolute atomic E-state index is 0.332. The third kappa shape index (κ3) is 4.42. The molecule has 1 aromatic carbocycles. The Morgan fingerprint density at radius 2 is 1.73 bits per heavy atom. The van der Waals surface area contributed by atoms with Crippen molar-refractivity contribution < 1.29 is 13.9 Å². The van der Waals surface area contributed by atoms with Gasteiger partial charge in [0.25, 0.3) is 0 Å². The predicted molar refractivity (Wildman–Crippen MR) is 119 cm³/mol. The summed E-state index contributed by atoms with van der Waals surface area (Å²) in [5.74, 6) is 0.595. The topological polar surface area (TPSA) is 112 Å². The lowest BCUT2D eigenvalue weighted by Gasteiger charge is -2.22. The number of nitrogens with one attached hydrogen (secondary N) is 1. The predicted octanol–water partition coefficient (Wildman–Crippen LogP) is 3.72. The molecule has 9 heteroatoms. The average Bonchev–Trinajstić information content (AvgIpc) is 3.31. The number of aromatic amines is 1. The first kappa shape index (κ1) is 21.1. The van der Waals surface area contributed by atoms with E-state index < -0.39 is 12.3 Å². The molecule has 0 aliphatic carbocycles. The van der Waals surface area contributed by atoms with Crippen LogP contribution in [0.25, 0.3) is 22.6 Å². The number of H-pyrrole nitrogens is 1. The quantitative estimate of drug-likeness (QED) is 0.451. The zero-order chi connectivity index (χ0) is 22.8. The maximum absolute atomic E-state index is 13.5. The highest BCUT2D eigenvalue weighted by atomic mass is 19.1. The third-order valence-electron chi connectivity index (χ3n) is 5.21. The van der Waals surface area contributed by atoms with Crippen LogP contribution in [0.5, 0.6) is 0 Å². The van der Waals surface area contributed by atoms with E-state index in [1.54, 1.807) is 36.8 Å². The van der Waals surface area contributed by atoms with E-state index in [4.69, 9.17) is 25.2 Å². The highest BCUT2D eigenvalue weighted by molar-refractivity contribution is 5.76. The monoisotopic (exact) mass is 444 g/mol. The number of benzene rings is 1. The normalized spacial score (nSPS) is 15.5. The lowest BCUT2D eigenvalue weighted by molar-refractivity contribution is -0.165. The molecule has 0 spiro atoms. The minimum Gasteiger partial charge on any atom is -0.341 e. The lowest BCUT2D eigenvalue weighted by Crippen LogP contribution is -2.20. The van der Waals surface area contributed by atoms with E-state index in [1.165, 1.54) is 12.1 Å². The summed E-state index contributed by atoms with van der Waals surface area (Å²) < 4.78 is 25.0. The fourth-order valence-corrected chi connectivity index (χ4v) is 3.52. The summed E-state index contributed by atoms with van der Waals surface area (Å²) in [4.78, 5) is 21.1. The number of imidazole rings is 1. The van der Waals surface area contributed by atoms with Gasteiger partial charge in [0.1, 0.15) is 11.6 Å². The molecule has 1 aliphatic heterocycles. The smallest absolute Gasteiger partial charge is 0.217 e. The molecule has 1 aliphatic rings. The highest BCUT2D eigenvalue weighted by Gasteiger charge is 2.25. The van der Waals surface area contributed by atoms with Crippen LogP contribution in [-0.2, 0) is 9.47 Å². The van der Waals surface area contributed by atoms with Crippen molar-refractivity contribution in [2.24, 2.45) is 5.73 Å². The molecular weight excluding hydrogens is 423 g/mol. The zero-order valence-electron chi connectivity index (χ0n) is 17.6. The van der Waals surface area contributed by atoms with Gasteiger partial charge in [0.05, 0.1) is 36.3 Å². The minimum atomic E-state index is -0.677. The Morgan fingerprint density at radius 3 is 2.45 bits per heavy atom. The van der Waals surface area contributed by atoms with Gasteiger partial charge in [-0.3, -0.25) is 4.98 Å². The molecule has 0 radical (unpaired) electrons. The van der Waals surface area contributed by atoms with Gasteiger partial charge in [-0.2, -0.15) is 0 Å². The summed E-state index contributed by atoms with van der Waals surface area (Å²) in [7, 11) is 0. The molecule has 5 rings (SSSR count). The van der Waals surface area contributed by atoms with Crippen molar-refractivity contribution in [3.8, 4) is 22.6 Å². The number of rotatable bonds is 5. The first-order valence-corrected chi connectivity index (χ1v) is 10.3. The molecule has 1 unspecified atom stereocenters. The second-order valence-electron chi connectivity index (χ2n) is 7.61. The molecule has 4 heterocycles. The van der Waals surface area contributed by atoms with E-state index in [1.807, 2.05) is 12.1 Å². The lowest BCUT2D eigenvalue weighted by atomic mass is 10.1. The van der Waals surface area contributed by atoms with Gasteiger partial charge >= 0.3 is 0 Å². The van der Waals surface area contributed by atoms with E-state index in [2.05, 4.69) is 21.5 Å². The fraction of sp³-hybridized carbons (Fsp3) is 0.167. The molecule has 3 aromatic heterocycles. The van der Waals surface area contributed by atoms with Crippen molar-refractivity contribution in [1.82, 2.24) is 24.9 Å². The molecule has 1 saturated heterocycles. The van der Waals surface area contributed by atoms with Crippen molar-refractivity contribution in [3.63, 3.8) is 0 Å². The van der Waals surface area contributed by atoms with Crippen LogP contribution in [-0.4, -0.2) is 38.1 Å². The van der Waals surface area contributed by atoms with Gasteiger partial charge in [-0.25, -0.2) is 19.3 Å². The van der Waals surface area contributed by atoms with Gasteiger partial charge in [-0.15, -0.1) is 0 Å². The van der Waals surface area contributed by atoms with E-state index in [0.717, 1.165) is 11.1 Å². The fourth-order valence-electron chi connectivity index (χ4n) is 3.52. The average molecular weight is 444 g/mol. The summed E-state index contributed by atoms with van der Waals surface area (Å²) in [5.41, 5.74) is 10.6. The van der Waals surface area contributed by atoms with Crippen molar-refractivity contribution in [1.29, 1.82) is 0 Å². The van der Waals surface area contributed by atoms with E-state index in [9.17, 15) is 4.39 Å². The number of aromatic nitrogens is 5. The van der Waals surface area contributed by atoms with Gasteiger partial charge in [0, 0.05) is 24.2 Å². The van der Waals surface area contributed by atoms with Gasteiger partial charge in [0.2, 0.25) is 6.29 Å². The number of ether oxygens (including phenoxy) is 2. The summed E-state index contributed by atoms with van der Waals surface area (Å²) in [6, 6.07) is 11.0. The summed E-state index contributed by atoms with van der Waals surface area (Å²) >= 11 is 0. The molecular formula is C24H21FN6O2. The van der Waals surface area contributed by atoms with Crippen LogP contribution in [0.4, 0.5) is 4.39 Å². The Hall–Kier alpha value is -3.79. The molecule has 0 amide bonds. The number of nitrogens with two attached hydrogens (primary N) is 1. The first-order chi connectivity index (χ1) is 16.1. The van der Waals surface area contributed by atoms with E-state index in [-0.39, 0.29) is 5.82 Å². The molecule has 1 fully saturated rings. The van der Waals surface area contributed by atoms with Crippen LogP contribution in [0.2, 0.25) is 0 Å². The van der Waals surface area contributed by atoms with Crippen molar-refractivity contribution in [2.45, 2.75) is 12.3 Å². The van der Waals surface area contributed by atoms with Crippen LogP contribution < -0.4 is 5.73 Å². The Balaban J connectivity index is 1.56. The number of halogens is 1. The largest absolute Gasteiger partial charge is 0.341 e. The zero-order valence-corrected chi connectivity index (χ0v) is 17.6. The number of hydrogen-bond donors (Lipinski definition) is 2. The second kappa shape index (κ2) is 8.99. The molecule has 0 saturated carbocycles. The van der Waals surface area contributed by atoms with Crippen molar-refractivity contribution in [2.75, 3.05) is 13.2 Å². The van der Waals surface area contributed by atoms with Crippen LogP contribution in [0.3, 0.4) is 0 Å². The Kier molecular flexibility index (Phi) is 5.74. The molecule has 4 aromatic rings. The van der Waals surface area contributed by atoms with E-state index >= 15 is 0 Å². The Morgan fingerprint density at radius 1 is 1.00 bits per heavy atom. The van der Waals surface area contributed by atoms with Crippen LogP contribution in [0, 0.1) is 5.82 Å². The molecule has 166 valence electrons. The third-order valence-corrected chi connectivity index (χ3v) is 5.21. The standard InChI is InChI=1S/C24H21FN6O2/c1-14-12-32-24(33-13-14)23-30-20(16-2-4-17(25)5-3-16)21(31-23)18-8-11-28-22(29-18)19(26)15-6-9-27-10-7-15/h2-11,19,24H,1,12-13,26H2,(H,30,31). The summed E-state index contributed by atoms with van der Waals surface area (Å²) in [6.45, 7) is 4.63. The second-order valence-corrected chi connectivity index (χ2v) is 7.61. The summed E-state index contributed by atoms with van der Waals surface area (Å²) in [5, 5.41) is 0. The molecule has 33 heavy (non-hydrogen) atoms. The van der Waals surface area contributed by atoms with Crippen LogP contribution in [0.1, 0.15) is 29.5 Å². The van der Waals surface area contributed by atoms with Crippen LogP contribution in [0.15, 0.2) is 73.2 Å². The highest BCUT2D eigenvalue weighted by Crippen LogP contribution is 2.33. The van der Waals surface area contributed by atoms with Crippen molar-refractivity contribution in [3.05, 3.63) is 96.2 Å². The SMILES string of the molecule is C=C1COC(c2nc(-c3ccc(F)cc3)c(-c3ccnc(C(N)c4ccncc4)n3)[nH]2)OC1. The van der Waals surface area contributed by atoms with Gasteiger partial charge in [0.15, 0.2) is 5.82 Å². The van der Waals surface area contributed by atoms with Gasteiger partial charge in [-0.1, -0.05) is 6.58 Å². The van der Waals surface area contributed by atoms with E-state index in [0.29, 0.717) is 47.5 Å². The van der Waals surface area contributed by atoms with Gasteiger partial charge in [-0.05, 0) is 53.6 Å². The van der Waals surface area contributed by atoms with Crippen LogP contribution >= 0.6 is 0 Å². The molecule has 3 N–H and O–H groups in total. The maximum atomic E-state index is 13.5. The number of hydrogen-bond acceptors (Lipinski definition) is 7. The van der Waals surface area contributed by atoms with Crippen molar-refractivity contribution >= 4 is 0 Å². The summed E-state index contributed by atoms with van der Waals surface area (Å²) in [6.07, 6.45) is 4.31. The molecule has 8 nitrogen and oxygen atoms in total. The number of pyridine rings is 1. The Labute approximate surface area is 189 Å². The molecule has 1 atom stereocenters. The molecule has 0 bridgehead atoms. The maximum Gasteiger partial charge on any atom is 0.217 e. The first-order valence-electron chi connectivity index (χ1n) is 10.3. The number of nitrogens with zero attached hydrogens (tertiary/aromatic N) is 4.